The molecule has 0 spiro atoms. The molecule has 3 aliphatic rings. The molecule has 12 heteroatoms. The van der Waals surface area contributed by atoms with Gasteiger partial charge in [-0.25, -0.2) is 0 Å². The Labute approximate surface area is 224 Å². The van der Waals surface area contributed by atoms with E-state index < -0.39 is 11.8 Å². The summed E-state index contributed by atoms with van der Waals surface area (Å²) in [5.74, 6) is -1.08. The number of ether oxygens (including phenoxy) is 5. The fourth-order valence-electron chi connectivity index (χ4n) is 4.17. The fraction of sp³-hybridized carbons (Fsp3) is 0.654. The van der Waals surface area contributed by atoms with Crippen LogP contribution in [0, 0.1) is 5.92 Å². The van der Waals surface area contributed by atoms with Crippen LogP contribution in [0.25, 0.3) is 0 Å². The Bertz CT molecular complexity index is 889. The van der Waals surface area contributed by atoms with E-state index in [-0.39, 0.29) is 42.3 Å². The molecule has 1 aromatic rings. The van der Waals surface area contributed by atoms with Crippen LogP contribution in [0.1, 0.15) is 32.3 Å². The molecule has 0 saturated carbocycles. The predicted molar refractivity (Wildman–Crippen MR) is 138 cm³/mol. The van der Waals surface area contributed by atoms with Gasteiger partial charge in [-0.15, -0.1) is 0 Å². The lowest BCUT2D eigenvalue weighted by Crippen LogP contribution is -2.51. The first kappa shape index (κ1) is 31.6. The summed E-state index contributed by atoms with van der Waals surface area (Å²) in [6.07, 6.45) is 0.418. The van der Waals surface area contributed by atoms with Gasteiger partial charge in [-0.05, 0) is 25.8 Å². The van der Waals surface area contributed by atoms with Gasteiger partial charge in [0.2, 0.25) is 6.29 Å². The Balaban J connectivity index is 0.000000216. The molecule has 3 fully saturated rings. The topological polar surface area (TPSA) is 179 Å². The van der Waals surface area contributed by atoms with Crippen molar-refractivity contribution in [3.8, 4) is 0 Å². The summed E-state index contributed by atoms with van der Waals surface area (Å²) >= 11 is 0. The molecule has 38 heavy (non-hydrogen) atoms. The van der Waals surface area contributed by atoms with Crippen LogP contribution in [0.3, 0.4) is 0 Å². The number of nitrogens with zero attached hydrogens (tertiary/aromatic N) is 1. The zero-order chi connectivity index (χ0) is 28.1. The van der Waals surface area contributed by atoms with E-state index in [0.717, 1.165) is 13.1 Å². The standard InChI is InChI=1S/C14H20N2O2.2C6H11NO3/c1-2-18-13(17)14(15)8-9-16(11-14)10-12-6-4-3-5-7-12;1-9-6(8)4-2-10-3-5(4)7;1-2-9-6-4(7)3-5(8)10-6/h3-7H,2,8-11,15H2,1H3;4-5H,2-3,7H2,1H3;4,6H,2-3,7H2,1H3. The van der Waals surface area contributed by atoms with Gasteiger partial charge in [-0.3, -0.25) is 19.3 Å². The normalized spacial score (nSPS) is 28.4. The third kappa shape index (κ3) is 9.61. The van der Waals surface area contributed by atoms with E-state index in [2.05, 4.69) is 21.8 Å². The molecule has 0 aliphatic carbocycles. The van der Waals surface area contributed by atoms with Crippen molar-refractivity contribution in [2.75, 3.05) is 46.6 Å². The molecule has 5 unspecified atom stereocenters. The van der Waals surface area contributed by atoms with Crippen LogP contribution in [0.5, 0.6) is 0 Å². The number of likely N-dealkylation sites (tertiary alicyclic amines) is 1. The van der Waals surface area contributed by atoms with Crippen molar-refractivity contribution in [2.24, 2.45) is 23.1 Å². The van der Waals surface area contributed by atoms with Crippen LogP contribution < -0.4 is 17.2 Å². The minimum atomic E-state index is -0.829. The molecule has 3 heterocycles. The van der Waals surface area contributed by atoms with E-state index in [1.54, 1.807) is 6.92 Å². The van der Waals surface area contributed by atoms with Crippen molar-refractivity contribution in [2.45, 2.75) is 57.1 Å². The van der Waals surface area contributed by atoms with Gasteiger partial charge in [0.25, 0.3) is 0 Å². The van der Waals surface area contributed by atoms with E-state index >= 15 is 0 Å². The fourth-order valence-corrected chi connectivity index (χ4v) is 4.17. The number of hydrogen-bond donors (Lipinski definition) is 3. The van der Waals surface area contributed by atoms with Crippen molar-refractivity contribution >= 4 is 17.9 Å². The van der Waals surface area contributed by atoms with Gasteiger partial charge in [-0.2, -0.15) is 0 Å². The molecule has 4 rings (SSSR count). The average Bonchev–Trinajstić information content (AvgIpc) is 3.59. The van der Waals surface area contributed by atoms with E-state index in [9.17, 15) is 14.4 Å². The van der Waals surface area contributed by atoms with Crippen molar-refractivity contribution in [3.05, 3.63) is 35.9 Å². The van der Waals surface area contributed by atoms with Gasteiger partial charge in [0.05, 0.1) is 45.3 Å². The largest absolute Gasteiger partial charge is 0.469 e. The van der Waals surface area contributed by atoms with Crippen LogP contribution >= 0.6 is 0 Å². The number of methoxy groups -OCH3 is 1. The lowest BCUT2D eigenvalue weighted by molar-refractivity contribution is -0.162. The second-order valence-corrected chi connectivity index (χ2v) is 9.34. The molecule has 6 N–H and O–H groups in total. The third-order valence-corrected chi connectivity index (χ3v) is 6.27. The number of carbonyl (C=O) groups excluding carboxylic acids is 3. The molecule has 214 valence electrons. The summed E-state index contributed by atoms with van der Waals surface area (Å²) in [7, 11) is 1.35. The maximum atomic E-state index is 11.8. The highest BCUT2D eigenvalue weighted by Crippen LogP contribution is 2.22. The lowest BCUT2D eigenvalue weighted by Gasteiger charge is -2.22. The van der Waals surface area contributed by atoms with E-state index in [1.807, 2.05) is 25.1 Å². The molecule has 1 aromatic carbocycles. The molecular formula is C26H42N4O8. The van der Waals surface area contributed by atoms with Gasteiger partial charge in [-0.1, -0.05) is 30.3 Å². The summed E-state index contributed by atoms with van der Waals surface area (Å²) in [6.45, 7) is 7.64. The Kier molecular flexibility index (Phi) is 13.1. The SMILES string of the molecule is CCOC(=O)C1(N)CCN(Cc2ccccc2)C1.CCOC1OC(=O)CC1N.COC(=O)C1COCC1N. The van der Waals surface area contributed by atoms with Crippen molar-refractivity contribution in [3.63, 3.8) is 0 Å². The second-order valence-electron chi connectivity index (χ2n) is 9.34. The maximum Gasteiger partial charge on any atom is 0.327 e. The summed E-state index contributed by atoms with van der Waals surface area (Å²) in [6, 6.07) is 9.74. The molecule has 0 radical (unpaired) electrons. The summed E-state index contributed by atoms with van der Waals surface area (Å²) in [5.41, 5.74) is 17.5. The van der Waals surface area contributed by atoms with E-state index in [1.165, 1.54) is 12.7 Å². The monoisotopic (exact) mass is 538 g/mol. The van der Waals surface area contributed by atoms with E-state index in [4.69, 9.17) is 36.1 Å². The van der Waals surface area contributed by atoms with Gasteiger partial charge < -0.3 is 40.9 Å². The highest BCUT2D eigenvalue weighted by atomic mass is 16.7. The first-order chi connectivity index (χ1) is 18.1. The Hall–Kier alpha value is -2.61. The molecule has 3 saturated heterocycles. The van der Waals surface area contributed by atoms with Gasteiger partial charge in [0.15, 0.2) is 0 Å². The smallest absolute Gasteiger partial charge is 0.327 e. The maximum absolute atomic E-state index is 11.8. The number of nitrogens with two attached hydrogens (primary N) is 3. The number of rotatable bonds is 7. The molecule has 0 aromatic heterocycles. The van der Waals surface area contributed by atoms with Crippen molar-refractivity contribution in [1.82, 2.24) is 4.90 Å². The minimum absolute atomic E-state index is 0.188. The Morgan fingerprint density at radius 1 is 1.11 bits per heavy atom. The number of hydrogen-bond acceptors (Lipinski definition) is 12. The summed E-state index contributed by atoms with van der Waals surface area (Å²) < 4.78 is 24.3. The third-order valence-electron chi connectivity index (χ3n) is 6.27. The van der Waals surface area contributed by atoms with Crippen LogP contribution in [-0.2, 0) is 44.6 Å². The highest BCUT2D eigenvalue weighted by Gasteiger charge is 2.42. The number of cyclic esters (lactones) is 1. The zero-order valence-electron chi connectivity index (χ0n) is 22.5. The molecule has 5 atom stereocenters. The minimum Gasteiger partial charge on any atom is -0.469 e. The Morgan fingerprint density at radius 3 is 2.34 bits per heavy atom. The molecule has 12 nitrogen and oxygen atoms in total. The number of esters is 3. The highest BCUT2D eigenvalue weighted by molar-refractivity contribution is 5.81. The van der Waals surface area contributed by atoms with Crippen LogP contribution in [-0.4, -0.2) is 93.3 Å². The average molecular weight is 539 g/mol. The first-order valence-corrected chi connectivity index (χ1v) is 12.8. The summed E-state index contributed by atoms with van der Waals surface area (Å²) in [4.78, 5) is 35.4. The molecular weight excluding hydrogens is 496 g/mol. The summed E-state index contributed by atoms with van der Waals surface area (Å²) in [5, 5.41) is 0. The molecule has 0 amide bonds. The second kappa shape index (κ2) is 15.7. The quantitative estimate of drug-likeness (QED) is 0.311. The first-order valence-electron chi connectivity index (χ1n) is 12.8. The van der Waals surface area contributed by atoms with Crippen LogP contribution in [0.4, 0.5) is 0 Å². The van der Waals surface area contributed by atoms with Gasteiger partial charge >= 0.3 is 17.9 Å². The van der Waals surface area contributed by atoms with Crippen molar-refractivity contribution < 1.29 is 38.1 Å². The predicted octanol–water partition coefficient (Wildman–Crippen LogP) is -0.0908. The number of benzene rings is 1. The molecule has 0 bridgehead atoms. The van der Waals surface area contributed by atoms with Crippen molar-refractivity contribution in [1.29, 1.82) is 0 Å². The van der Waals surface area contributed by atoms with Crippen LogP contribution in [0.15, 0.2) is 30.3 Å². The van der Waals surface area contributed by atoms with E-state index in [0.29, 0.717) is 39.4 Å². The Morgan fingerprint density at radius 2 is 1.82 bits per heavy atom. The van der Waals surface area contributed by atoms with Gasteiger partial charge in [0.1, 0.15) is 5.54 Å². The van der Waals surface area contributed by atoms with Gasteiger partial charge in [0, 0.05) is 32.3 Å². The number of carbonyl (C=O) groups is 3. The lowest BCUT2D eigenvalue weighted by atomic mass is 10.0. The molecule has 3 aliphatic heterocycles. The zero-order valence-corrected chi connectivity index (χ0v) is 22.5. The van der Waals surface area contributed by atoms with Crippen LogP contribution in [0.2, 0.25) is 0 Å².